The fraction of sp³-hybridized carbons (Fsp3) is 0.345. The first-order valence-electron chi connectivity index (χ1n) is 13.5. The summed E-state index contributed by atoms with van der Waals surface area (Å²) in [5.74, 6) is -24.3. The molecule has 2 aliphatic carbocycles. The molecule has 18 heteroatoms. The van der Waals surface area contributed by atoms with Gasteiger partial charge in [-0.1, -0.05) is 23.3 Å². The maximum Gasteiger partial charge on any atom is 0.423 e. The van der Waals surface area contributed by atoms with Crippen LogP contribution in [-0.2, 0) is 23.9 Å². The summed E-state index contributed by atoms with van der Waals surface area (Å²) in [5.41, 5.74) is -1.94. The number of aromatic hydroxyl groups is 1. The van der Waals surface area contributed by atoms with Gasteiger partial charge >= 0.3 is 6.09 Å². The number of methoxy groups -OCH3 is 2. The first kappa shape index (κ1) is 33.0. The molecule has 248 valence electrons. The van der Waals surface area contributed by atoms with Crippen molar-refractivity contribution >= 4 is 70.2 Å². The molecule has 0 bridgehead atoms. The van der Waals surface area contributed by atoms with Crippen LogP contribution in [0.25, 0.3) is 0 Å². The van der Waals surface area contributed by atoms with Crippen LogP contribution in [0.4, 0.5) is 32.4 Å². The van der Waals surface area contributed by atoms with E-state index in [0.717, 1.165) is 26.4 Å². The normalized spacial score (nSPS) is 29.9. The van der Waals surface area contributed by atoms with Gasteiger partial charge in [0.2, 0.25) is 17.6 Å². The highest BCUT2D eigenvalue weighted by Gasteiger charge is 2.77. The van der Waals surface area contributed by atoms with Gasteiger partial charge in [-0.05, 0) is 36.5 Å². The molecular weight excluding hydrogens is 706 g/mol. The van der Waals surface area contributed by atoms with Crippen molar-refractivity contribution in [2.24, 2.45) is 17.8 Å². The standard InChI is InChI=1S/C29H18Cl3F5N2O8/c1-46-13-6-8(5-12(30)22(13)40)15-9-3-4-10-14(24(42)39(23(10)41)27(45)47-2)11(9)7-28(31)25(43)38(26(44)29(15,28)32)21-19(36)17(34)16(33)18(35)20(21)37/h3,5-6,10-11,14-15,40H,4,7H2,1-2H3/t10-,11+,14-,15-,28+,29-/m0/s1. The van der Waals surface area contributed by atoms with Crippen molar-refractivity contribution in [3.8, 4) is 11.5 Å². The van der Waals surface area contributed by atoms with Gasteiger partial charge in [0, 0.05) is 5.92 Å². The van der Waals surface area contributed by atoms with Gasteiger partial charge in [-0.15, -0.1) is 23.2 Å². The molecule has 2 aromatic carbocycles. The van der Waals surface area contributed by atoms with E-state index in [1.165, 1.54) is 6.08 Å². The molecule has 10 nitrogen and oxygen atoms in total. The number of carbonyl (C=O) groups is 5. The van der Waals surface area contributed by atoms with Crippen molar-refractivity contribution in [2.75, 3.05) is 19.1 Å². The minimum Gasteiger partial charge on any atom is -0.503 e. The predicted molar refractivity (Wildman–Crippen MR) is 150 cm³/mol. The average Bonchev–Trinajstić information content (AvgIpc) is 3.38. The molecule has 0 aromatic heterocycles. The number of imide groups is 4. The molecule has 2 heterocycles. The van der Waals surface area contributed by atoms with Crippen LogP contribution in [0.1, 0.15) is 24.3 Å². The highest BCUT2D eigenvalue weighted by molar-refractivity contribution is 6.58. The van der Waals surface area contributed by atoms with Gasteiger partial charge in [0.25, 0.3) is 11.8 Å². The van der Waals surface area contributed by atoms with Crippen LogP contribution in [-0.4, -0.2) is 63.7 Å². The predicted octanol–water partition coefficient (Wildman–Crippen LogP) is 5.08. The topological polar surface area (TPSA) is 131 Å². The number of halogens is 8. The Bertz CT molecular complexity index is 1870. The Morgan fingerprint density at radius 2 is 1.51 bits per heavy atom. The molecule has 6 rings (SSSR count). The number of hydrogen-bond donors (Lipinski definition) is 1. The van der Waals surface area contributed by atoms with E-state index in [4.69, 9.17) is 39.5 Å². The molecule has 1 N–H and O–H groups in total. The summed E-state index contributed by atoms with van der Waals surface area (Å²) in [5, 5.41) is 10.0. The number of hydrogen-bond acceptors (Lipinski definition) is 8. The number of carbonyl (C=O) groups excluding carboxylic acids is 5. The number of nitrogens with zero attached hydrogens (tertiary/aromatic N) is 2. The monoisotopic (exact) mass is 722 g/mol. The van der Waals surface area contributed by atoms with Gasteiger partial charge in [-0.3, -0.25) is 19.2 Å². The third-order valence-electron chi connectivity index (χ3n) is 9.18. The molecule has 2 saturated heterocycles. The molecule has 0 unspecified atom stereocenters. The number of phenols is 1. The number of allylic oxidation sites excluding steroid dienone is 2. The number of alkyl halides is 2. The molecule has 4 aliphatic rings. The average molecular weight is 724 g/mol. The highest BCUT2D eigenvalue weighted by atomic mass is 35.5. The minimum absolute atomic E-state index is 0.0922. The Morgan fingerprint density at radius 3 is 2.09 bits per heavy atom. The summed E-state index contributed by atoms with van der Waals surface area (Å²) in [6.45, 7) is 0. The molecular formula is C29H18Cl3F5N2O8. The number of rotatable bonds is 3. The minimum atomic E-state index is -2.82. The zero-order valence-corrected chi connectivity index (χ0v) is 25.9. The Morgan fingerprint density at radius 1 is 0.915 bits per heavy atom. The van der Waals surface area contributed by atoms with E-state index >= 15 is 8.78 Å². The van der Waals surface area contributed by atoms with E-state index in [-0.39, 0.29) is 38.1 Å². The highest BCUT2D eigenvalue weighted by Crippen LogP contribution is 2.66. The maximum absolute atomic E-state index is 15.1. The van der Waals surface area contributed by atoms with Crippen molar-refractivity contribution in [3.05, 3.63) is 63.5 Å². The zero-order chi connectivity index (χ0) is 34.7. The summed E-state index contributed by atoms with van der Waals surface area (Å²) < 4.78 is 82.5. The fourth-order valence-corrected chi connectivity index (χ4v) is 8.28. The molecule has 2 aromatic rings. The number of benzene rings is 2. The molecule has 0 spiro atoms. The number of amides is 5. The van der Waals surface area contributed by atoms with E-state index in [9.17, 15) is 42.3 Å². The molecule has 47 heavy (non-hydrogen) atoms. The van der Waals surface area contributed by atoms with Crippen molar-refractivity contribution < 1.29 is 60.5 Å². The molecule has 6 atom stereocenters. The summed E-state index contributed by atoms with van der Waals surface area (Å²) in [6.07, 6.45) is -0.876. The van der Waals surface area contributed by atoms with Crippen LogP contribution in [0.5, 0.6) is 11.5 Å². The second kappa shape index (κ2) is 10.8. The lowest BCUT2D eigenvalue weighted by atomic mass is 9.56. The van der Waals surface area contributed by atoms with Crippen molar-refractivity contribution in [2.45, 2.75) is 28.5 Å². The second-order valence-corrected chi connectivity index (χ2v) is 12.9. The first-order chi connectivity index (χ1) is 22.0. The molecule has 0 radical (unpaired) electrons. The quantitative estimate of drug-likeness (QED) is 0.116. The van der Waals surface area contributed by atoms with Crippen LogP contribution >= 0.6 is 34.8 Å². The summed E-state index contributed by atoms with van der Waals surface area (Å²) in [7, 11) is 2.07. The lowest BCUT2D eigenvalue weighted by Gasteiger charge is -2.50. The fourth-order valence-electron chi connectivity index (χ4n) is 7.13. The maximum atomic E-state index is 15.1. The van der Waals surface area contributed by atoms with E-state index in [1.54, 1.807) is 0 Å². The van der Waals surface area contributed by atoms with Gasteiger partial charge in [-0.25, -0.2) is 31.6 Å². The first-order valence-corrected chi connectivity index (χ1v) is 14.6. The summed E-state index contributed by atoms with van der Waals surface area (Å²) >= 11 is 20.2. The third-order valence-corrected chi connectivity index (χ3v) is 10.9. The molecule has 3 fully saturated rings. The SMILES string of the molecule is COC(=O)N1C(=O)[C@H]2[C@H](CC=C3[C@H]2C[C@@]2(Cl)C(=O)N(c4c(F)c(F)c(F)c(F)c4F)C(=O)[C@@]2(Cl)[C@H]3c2cc(Cl)c(O)c(OC)c2)C1=O. The van der Waals surface area contributed by atoms with Crippen LogP contribution in [0, 0.1) is 46.8 Å². The lowest BCUT2D eigenvalue weighted by molar-refractivity contribution is -0.138. The van der Waals surface area contributed by atoms with Gasteiger partial charge in [-0.2, -0.15) is 4.90 Å². The Labute approximate surface area is 275 Å². The molecule has 5 amide bonds. The smallest absolute Gasteiger partial charge is 0.423 e. The van der Waals surface area contributed by atoms with Gasteiger partial charge in [0.05, 0.1) is 31.1 Å². The number of anilines is 1. The van der Waals surface area contributed by atoms with E-state index in [0.29, 0.717) is 0 Å². The number of likely N-dealkylation sites (tertiary alicyclic amines) is 1. The van der Waals surface area contributed by atoms with E-state index in [2.05, 4.69) is 4.74 Å². The van der Waals surface area contributed by atoms with Crippen molar-refractivity contribution in [3.63, 3.8) is 0 Å². The summed E-state index contributed by atoms with van der Waals surface area (Å²) in [4.78, 5) is 61.9. The third kappa shape index (κ3) is 4.05. The van der Waals surface area contributed by atoms with Gasteiger partial charge < -0.3 is 14.6 Å². The summed E-state index contributed by atoms with van der Waals surface area (Å²) in [6, 6.07) is 2.24. The van der Waals surface area contributed by atoms with E-state index in [1.807, 2.05) is 0 Å². The van der Waals surface area contributed by atoms with E-state index < -0.39 is 110 Å². The van der Waals surface area contributed by atoms with Crippen LogP contribution in [0.15, 0.2) is 23.8 Å². The van der Waals surface area contributed by atoms with Crippen LogP contribution < -0.4 is 9.64 Å². The van der Waals surface area contributed by atoms with Gasteiger partial charge in [0.15, 0.2) is 44.5 Å². The number of fused-ring (bicyclic) bond motifs is 4. The van der Waals surface area contributed by atoms with Crippen LogP contribution in [0.2, 0.25) is 5.02 Å². The van der Waals surface area contributed by atoms with Crippen molar-refractivity contribution in [1.29, 1.82) is 0 Å². The largest absolute Gasteiger partial charge is 0.503 e. The second-order valence-electron chi connectivity index (χ2n) is 11.2. The molecule has 1 saturated carbocycles. The molecule has 2 aliphatic heterocycles. The zero-order valence-electron chi connectivity index (χ0n) is 23.7. The number of ether oxygens (including phenoxy) is 2. The Kier molecular flexibility index (Phi) is 7.57. The Hall–Kier alpha value is -3.95. The lowest BCUT2D eigenvalue weighted by Crippen LogP contribution is -2.60. The van der Waals surface area contributed by atoms with Crippen LogP contribution in [0.3, 0.4) is 0 Å². The Balaban J connectivity index is 1.62. The van der Waals surface area contributed by atoms with Crippen molar-refractivity contribution in [1.82, 2.24) is 4.90 Å². The van der Waals surface area contributed by atoms with Gasteiger partial charge in [0.1, 0.15) is 5.69 Å². The number of phenolic OH excluding ortho intramolecular Hbond substituents is 1.